The second kappa shape index (κ2) is 7.50. The first kappa shape index (κ1) is 17.3. The minimum atomic E-state index is -1.01. The first-order chi connectivity index (χ1) is 11.4. The van der Waals surface area contributed by atoms with E-state index in [-0.39, 0.29) is 11.7 Å². The number of rotatable bonds is 6. The summed E-state index contributed by atoms with van der Waals surface area (Å²) in [4.78, 5) is 22.6. The summed E-state index contributed by atoms with van der Waals surface area (Å²) >= 11 is 0. The Morgan fingerprint density at radius 3 is 2.08 bits per heavy atom. The average molecular weight is 330 g/mol. The number of carbonyl (C=O) groups excluding carboxylic acids is 1. The lowest BCUT2D eigenvalue weighted by Gasteiger charge is -2.13. The number of carboxylic acids is 1. The lowest BCUT2D eigenvalue weighted by atomic mass is 10.2. The van der Waals surface area contributed by atoms with E-state index in [1.54, 1.807) is 12.1 Å². The van der Waals surface area contributed by atoms with Crippen LogP contribution >= 0.6 is 0 Å². The molecule has 6 nitrogen and oxygen atoms in total. The third kappa shape index (κ3) is 4.49. The van der Waals surface area contributed by atoms with Gasteiger partial charge in [0.1, 0.15) is 17.2 Å². The molecule has 0 saturated carbocycles. The van der Waals surface area contributed by atoms with Crippen LogP contribution < -0.4 is 9.47 Å². The first-order valence-corrected chi connectivity index (χ1v) is 7.30. The van der Waals surface area contributed by atoms with Crippen molar-refractivity contribution < 1.29 is 28.9 Å². The van der Waals surface area contributed by atoms with Gasteiger partial charge in [-0.25, -0.2) is 9.59 Å². The van der Waals surface area contributed by atoms with Gasteiger partial charge in [0, 0.05) is 6.07 Å². The van der Waals surface area contributed by atoms with Crippen molar-refractivity contribution in [3.63, 3.8) is 0 Å². The standard InChI is InChI=1S/C18H18O6/c1-11(2)23-15-8-13(18(21)22-3)9-16(10-15)24-14-6-4-12(5-7-14)17(19)20/h4-11H,1-3H3,(H,19,20). The molecule has 0 aliphatic heterocycles. The van der Waals surface area contributed by atoms with Gasteiger partial charge >= 0.3 is 11.9 Å². The molecule has 0 amide bonds. The molecule has 0 bridgehead atoms. The number of carboxylic acid groups (broad SMARTS) is 1. The van der Waals surface area contributed by atoms with Gasteiger partial charge < -0.3 is 19.3 Å². The molecule has 0 atom stereocenters. The van der Waals surface area contributed by atoms with E-state index in [1.807, 2.05) is 13.8 Å². The molecule has 0 saturated heterocycles. The molecule has 24 heavy (non-hydrogen) atoms. The van der Waals surface area contributed by atoms with Gasteiger partial charge in [-0.2, -0.15) is 0 Å². The fourth-order valence-electron chi connectivity index (χ4n) is 2.01. The second-order valence-electron chi connectivity index (χ2n) is 5.28. The molecule has 0 spiro atoms. The van der Waals surface area contributed by atoms with Crippen molar-refractivity contribution >= 4 is 11.9 Å². The highest BCUT2D eigenvalue weighted by Gasteiger charge is 2.12. The Morgan fingerprint density at radius 2 is 1.54 bits per heavy atom. The highest BCUT2D eigenvalue weighted by atomic mass is 16.5. The quantitative estimate of drug-likeness (QED) is 0.812. The predicted molar refractivity (Wildman–Crippen MR) is 87.0 cm³/mol. The lowest BCUT2D eigenvalue weighted by Crippen LogP contribution is -2.07. The van der Waals surface area contributed by atoms with Gasteiger partial charge in [0.2, 0.25) is 0 Å². The fraction of sp³-hybridized carbons (Fsp3) is 0.222. The van der Waals surface area contributed by atoms with Gasteiger partial charge in [-0.05, 0) is 50.2 Å². The van der Waals surface area contributed by atoms with E-state index in [9.17, 15) is 9.59 Å². The molecule has 0 fully saturated rings. The van der Waals surface area contributed by atoms with E-state index in [4.69, 9.17) is 19.3 Å². The van der Waals surface area contributed by atoms with E-state index >= 15 is 0 Å². The zero-order valence-electron chi connectivity index (χ0n) is 13.6. The molecule has 0 unspecified atom stereocenters. The SMILES string of the molecule is COC(=O)c1cc(Oc2ccc(C(=O)O)cc2)cc(OC(C)C)c1. The maximum atomic E-state index is 11.8. The third-order valence-corrected chi connectivity index (χ3v) is 3.01. The van der Waals surface area contributed by atoms with E-state index < -0.39 is 11.9 Å². The normalized spacial score (nSPS) is 10.3. The summed E-state index contributed by atoms with van der Waals surface area (Å²) in [6.45, 7) is 3.74. The van der Waals surface area contributed by atoms with Gasteiger partial charge in [-0.1, -0.05) is 0 Å². The second-order valence-corrected chi connectivity index (χ2v) is 5.28. The van der Waals surface area contributed by atoms with Crippen molar-refractivity contribution in [3.8, 4) is 17.2 Å². The summed E-state index contributed by atoms with van der Waals surface area (Å²) < 4.78 is 16.0. The molecule has 0 aliphatic carbocycles. The number of methoxy groups -OCH3 is 1. The van der Waals surface area contributed by atoms with Crippen molar-refractivity contribution in [2.45, 2.75) is 20.0 Å². The van der Waals surface area contributed by atoms with Crippen molar-refractivity contribution in [3.05, 3.63) is 53.6 Å². The third-order valence-electron chi connectivity index (χ3n) is 3.01. The highest BCUT2D eigenvalue weighted by molar-refractivity contribution is 5.90. The van der Waals surface area contributed by atoms with Crippen LogP contribution in [0.3, 0.4) is 0 Å². The fourth-order valence-corrected chi connectivity index (χ4v) is 2.01. The molecule has 0 aliphatic rings. The van der Waals surface area contributed by atoms with Gasteiger partial charge in [0.15, 0.2) is 0 Å². The van der Waals surface area contributed by atoms with Crippen LogP contribution in [0.5, 0.6) is 17.2 Å². The number of esters is 1. The molecule has 126 valence electrons. The monoisotopic (exact) mass is 330 g/mol. The minimum absolute atomic E-state index is 0.0689. The van der Waals surface area contributed by atoms with Crippen LogP contribution in [0.25, 0.3) is 0 Å². The Labute approximate surface area is 139 Å². The Bertz CT molecular complexity index is 734. The summed E-state index contributed by atoms with van der Waals surface area (Å²) in [6, 6.07) is 10.7. The molecular formula is C18H18O6. The van der Waals surface area contributed by atoms with E-state index in [1.165, 1.54) is 37.4 Å². The summed E-state index contributed by atoms with van der Waals surface area (Å²) in [5.74, 6) is -0.212. The molecule has 6 heteroatoms. The highest BCUT2D eigenvalue weighted by Crippen LogP contribution is 2.28. The van der Waals surface area contributed by atoms with Gasteiger partial charge in [0.05, 0.1) is 24.3 Å². The van der Waals surface area contributed by atoms with Crippen LogP contribution in [0.1, 0.15) is 34.6 Å². The zero-order valence-corrected chi connectivity index (χ0v) is 13.6. The lowest BCUT2D eigenvalue weighted by molar-refractivity contribution is 0.0598. The minimum Gasteiger partial charge on any atom is -0.491 e. The number of aromatic carboxylic acids is 1. The molecule has 0 aromatic heterocycles. The van der Waals surface area contributed by atoms with E-state index in [0.717, 1.165) is 0 Å². The number of benzene rings is 2. The van der Waals surface area contributed by atoms with Gasteiger partial charge in [-0.3, -0.25) is 0 Å². The zero-order chi connectivity index (χ0) is 17.7. The van der Waals surface area contributed by atoms with E-state index in [0.29, 0.717) is 22.8 Å². The van der Waals surface area contributed by atoms with Crippen LogP contribution in [-0.4, -0.2) is 30.3 Å². The first-order valence-electron chi connectivity index (χ1n) is 7.30. The van der Waals surface area contributed by atoms with Crippen molar-refractivity contribution in [2.75, 3.05) is 7.11 Å². The van der Waals surface area contributed by atoms with Crippen molar-refractivity contribution in [1.82, 2.24) is 0 Å². The topological polar surface area (TPSA) is 82.1 Å². The molecule has 2 aromatic rings. The molecule has 2 rings (SSSR count). The number of hydrogen-bond acceptors (Lipinski definition) is 5. The number of hydrogen-bond donors (Lipinski definition) is 1. The Hall–Kier alpha value is -3.02. The maximum Gasteiger partial charge on any atom is 0.338 e. The Kier molecular flexibility index (Phi) is 5.42. The smallest absolute Gasteiger partial charge is 0.338 e. The molecular weight excluding hydrogens is 312 g/mol. The summed E-state index contributed by atoms with van der Waals surface area (Å²) in [5.41, 5.74) is 0.460. The summed E-state index contributed by atoms with van der Waals surface area (Å²) in [7, 11) is 1.30. The van der Waals surface area contributed by atoms with Gasteiger partial charge in [-0.15, -0.1) is 0 Å². The number of ether oxygens (including phenoxy) is 3. The summed E-state index contributed by atoms with van der Waals surface area (Å²) in [5, 5.41) is 8.90. The molecule has 2 aromatic carbocycles. The van der Waals surface area contributed by atoms with E-state index in [2.05, 4.69) is 0 Å². The Balaban J connectivity index is 2.30. The summed E-state index contributed by atoms with van der Waals surface area (Å²) in [6.07, 6.45) is -0.0689. The van der Waals surface area contributed by atoms with Crippen LogP contribution in [0.15, 0.2) is 42.5 Å². The van der Waals surface area contributed by atoms with Gasteiger partial charge in [0.25, 0.3) is 0 Å². The van der Waals surface area contributed by atoms with Crippen molar-refractivity contribution in [2.24, 2.45) is 0 Å². The van der Waals surface area contributed by atoms with Crippen LogP contribution in [0.2, 0.25) is 0 Å². The van der Waals surface area contributed by atoms with Crippen LogP contribution in [0.4, 0.5) is 0 Å². The maximum absolute atomic E-state index is 11.8. The van der Waals surface area contributed by atoms with Crippen LogP contribution in [0, 0.1) is 0 Å². The molecule has 0 radical (unpaired) electrons. The molecule has 1 N–H and O–H groups in total. The van der Waals surface area contributed by atoms with Crippen molar-refractivity contribution in [1.29, 1.82) is 0 Å². The number of carbonyl (C=O) groups is 2. The largest absolute Gasteiger partial charge is 0.491 e. The van der Waals surface area contributed by atoms with Crippen LogP contribution in [-0.2, 0) is 4.74 Å². The molecule has 0 heterocycles. The predicted octanol–water partition coefficient (Wildman–Crippen LogP) is 3.75. The Morgan fingerprint density at radius 1 is 0.917 bits per heavy atom. The average Bonchev–Trinajstić information content (AvgIpc) is 2.53.